The van der Waals surface area contributed by atoms with Gasteiger partial charge in [-0.1, -0.05) is 0 Å². The van der Waals surface area contributed by atoms with Crippen molar-refractivity contribution in [3.05, 3.63) is 0 Å². The van der Waals surface area contributed by atoms with Crippen LogP contribution in [0.1, 0.15) is 13.8 Å². The first-order chi connectivity index (χ1) is 6.02. The van der Waals surface area contributed by atoms with E-state index in [0.29, 0.717) is 6.04 Å². The van der Waals surface area contributed by atoms with E-state index in [2.05, 4.69) is 18.9 Å². The predicted molar refractivity (Wildman–Crippen MR) is 52.3 cm³/mol. The highest BCUT2D eigenvalue weighted by atomic mass is 16.2. The summed E-state index contributed by atoms with van der Waals surface area (Å²) in [4.78, 5) is 15.6. The molecule has 0 saturated carbocycles. The quantitative estimate of drug-likeness (QED) is 0.599. The molecule has 76 valence electrons. The topological polar surface area (TPSA) is 49.6 Å². The van der Waals surface area contributed by atoms with Gasteiger partial charge in [-0.05, 0) is 20.9 Å². The van der Waals surface area contributed by atoms with Crippen LogP contribution < -0.4 is 5.73 Å². The van der Waals surface area contributed by atoms with E-state index in [4.69, 9.17) is 5.73 Å². The Kier molecular flexibility index (Phi) is 3.27. The summed E-state index contributed by atoms with van der Waals surface area (Å²) in [5.41, 5.74) is 5.54. The molecule has 0 aromatic heterocycles. The van der Waals surface area contributed by atoms with Crippen molar-refractivity contribution in [3.8, 4) is 0 Å². The molecule has 1 aliphatic heterocycles. The van der Waals surface area contributed by atoms with Crippen molar-refractivity contribution in [2.45, 2.75) is 25.9 Å². The molecule has 0 aromatic rings. The van der Waals surface area contributed by atoms with Gasteiger partial charge < -0.3 is 15.5 Å². The van der Waals surface area contributed by atoms with Crippen molar-refractivity contribution >= 4 is 5.91 Å². The fraction of sp³-hybridized carbons (Fsp3) is 0.889. The van der Waals surface area contributed by atoms with Gasteiger partial charge in [-0.25, -0.2) is 0 Å². The van der Waals surface area contributed by atoms with Crippen LogP contribution in [-0.2, 0) is 4.79 Å². The Hall–Kier alpha value is -0.610. The lowest BCUT2D eigenvalue weighted by molar-refractivity contribution is -0.134. The van der Waals surface area contributed by atoms with E-state index in [9.17, 15) is 4.79 Å². The van der Waals surface area contributed by atoms with Crippen molar-refractivity contribution in [1.82, 2.24) is 9.80 Å². The molecule has 0 aromatic carbocycles. The predicted octanol–water partition coefficient (Wildman–Crippen LogP) is -0.504. The normalized spacial score (nSPS) is 27.4. The zero-order valence-corrected chi connectivity index (χ0v) is 8.66. The molecule has 0 aliphatic carbocycles. The molecule has 13 heavy (non-hydrogen) atoms. The van der Waals surface area contributed by atoms with Gasteiger partial charge in [-0.3, -0.25) is 4.79 Å². The van der Waals surface area contributed by atoms with E-state index in [-0.39, 0.29) is 11.9 Å². The maximum absolute atomic E-state index is 11.5. The van der Waals surface area contributed by atoms with Gasteiger partial charge >= 0.3 is 0 Å². The molecule has 2 atom stereocenters. The number of carbonyl (C=O) groups excluding carboxylic acids is 1. The van der Waals surface area contributed by atoms with Gasteiger partial charge in [0, 0.05) is 25.7 Å². The summed E-state index contributed by atoms with van der Waals surface area (Å²) < 4.78 is 0. The maximum atomic E-state index is 11.5. The van der Waals surface area contributed by atoms with Crippen LogP contribution in [0.4, 0.5) is 0 Å². The van der Waals surface area contributed by atoms with Crippen molar-refractivity contribution in [1.29, 1.82) is 0 Å². The molecule has 4 heteroatoms. The van der Waals surface area contributed by atoms with Crippen LogP contribution in [-0.4, -0.2) is 54.5 Å². The molecular formula is C9H19N3O. The summed E-state index contributed by atoms with van der Waals surface area (Å²) in [6.45, 7) is 6.42. The van der Waals surface area contributed by atoms with Crippen LogP contribution in [0, 0.1) is 0 Å². The zero-order valence-electron chi connectivity index (χ0n) is 8.66. The number of hydrogen-bond donors (Lipinski definition) is 1. The van der Waals surface area contributed by atoms with Gasteiger partial charge in [-0.15, -0.1) is 0 Å². The highest BCUT2D eigenvalue weighted by molar-refractivity contribution is 5.81. The Morgan fingerprint density at radius 1 is 1.54 bits per heavy atom. The SMILES string of the molecule is CC1CN(C(=O)[C@H](C)N)CCN1C. The fourth-order valence-corrected chi connectivity index (χ4v) is 1.54. The van der Waals surface area contributed by atoms with E-state index >= 15 is 0 Å². The molecular weight excluding hydrogens is 166 g/mol. The number of amides is 1. The van der Waals surface area contributed by atoms with Crippen LogP contribution in [0.5, 0.6) is 0 Å². The molecule has 1 saturated heterocycles. The summed E-state index contributed by atoms with van der Waals surface area (Å²) >= 11 is 0. The summed E-state index contributed by atoms with van der Waals surface area (Å²) in [5.74, 6) is 0.0694. The van der Waals surface area contributed by atoms with Crippen molar-refractivity contribution in [3.63, 3.8) is 0 Å². The van der Waals surface area contributed by atoms with Crippen molar-refractivity contribution < 1.29 is 4.79 Å². The molecule has 0 spiro atoms. The Labute approximate surface area is 79.7 Å². The largest absolute Gasteiger partial charge is 0.339 e. The number of likely N-dealkylation sites (N-methyl/N-ethyl adjacent to an activating group) is 1. The minimum absolute atomic E-state index is 0.0694. The van der Waals surface area contributed by atoms with Crippen molar-refractivity contribution in [2.24, 2.45) is 5.73 Å². The Bertz CT molecular complexity index is 193. The second-order valence-electron chi connectivity index (χ2n) is 3.90. The van der Waals surface area contributed by atoms with Gasteiger partial charge in [0.1, 0.15) is 0 Å². The van der Waals surface area contributed by atoms with Crippen molar-refractivity contribution in [2.75, 3.05) is 26.7 Å². The monoisotopic (exact) mass is 185 g/mol. The Morgan fingerprint density at radius 3 is 2.62 bits per heavy atom. The van der Waals surface area contributed by atoms with Crippen LogP contribution >= 0.6 is 0 Å². The maximum Gasteiger partial charge on any atom is 0.239 e. The summed E-state index contributed by atoms with van der Waals surface area (Å²) in [7, 11) is 2.08. The van der Waals surface area contributed by atoms with Crippen LogP contribution in [0.15, 0.2) is 0 Å². The van der Waals surface area contributed by atoms with E-state index in [1.165, 1.54) is 0 Å². The lowest BCUT2D eigenvalue weighted by atomic mass is 10.2. The average molecular weight is 185 g/mol. The molecule has 4 nitrogen and oxygen atoms in total. The second kappa shape index (κ2) is 4.07. The standard InChI is InChI=1S/C9H19N3O/c1-7-6-12(5-4-11(7)3)9(13)8(2)10/h7-8H,4-6,10H2,1-3H3/t7?,8-/m0/s1. The first kappa shape index (κ1) is 10.5. The van der Waals surface area contributed by atoms with E-state index < -0.39 is 0 Å². The summed E-state index contributed by atoms with van der Waals surface area (Å²) in [6.07, 6.45) is 0. The lowest BCUT2D eigenvalue weighted by Gasteiger charge is -2.38. The number of carbonyl (C=O) groups is 1. The van der Waals surface area contributed by atoms with Gasteiger partial charge in [-0.2, -0.15) is 0 Å². The van der Waals surface area contributed by atoms with Gasteiger partial charge in [0.15, 0.2) is 0 Å². The van der Waals surface area contributed by atoms with Gasteiger partial charge in [0.2, 0.25) is 5.91 Å². The summed E-state index contributed by atoms with van der Waals surface area (Å²) in [5, 5.41) is 0. The van der Waals surface area contributed by atoms with E-state index in [1.807, 2.05) is 4.90 Å². The van der Waals surface area contributed by atoms with Gasteiger partial charge in [0.25, 0.3) is 0 Å². The molecule has 1 aliphatic rings. The highest BCUT2D eigenvalue weighted by Gasteiger charge is 2.25. The third kappa shape index (κ3) is 2.42. The fourth-order valence-electron chi connectivity index (χ4n) is 1.54. The molecule has 1 rings (SSSR count). The minimum Gasteiger partial charge on any atom is -0.339 e. The zero-order chi connectivity index (χ0) is 10.0. The third-order valence-electron chi connectivity index (χ3n) is 2.66. The first-order valence-electron chi connectivity index (χ1n) is 4.77. The average Bonchev–Trinajstić information content (AvgIpc) is 2.08. The lowest BCUT2D eigenvalue weighted by Crippen LogP contribution is -2.55. The molecule has 2 N–H and O–H groups in total. The van der Waals surface area contributed by atoms with E-state index in [0.717, 1.165) is 19.6 Å². The molecule has 1 unspecified atom stereocenters. The number of piperazine rings is 1. The second-order valence-corrected chi connectivity index (χ2v) is 3.90. The molecule has 0 radical (unpaired) electrons. The number of rotatable bonds is 1. The molecule has 0 bridgehead atoms. The summed E-state index contributed by atoms with van der Waals surface area (Å²) in [6, 6.07) is 0.0760. The molecule has 1 fully saturated rings. The van der Waals surface area contributed by atoms with Crippen LogP contribution in [0.3, 0.4) is 0 Å². The van der Waals surface area contributed by atoms with Gasteiger partial charge in [0.05, 0.1) is 6.04 Å². The van der Waals surface area contributed by atoms with E-state index in [1.54, 1.807) is 6.92 Å². The van der Waals surface area contributed by atoms with Crippen LogP contribution in [0.25, 0.3) is 0 Å². The number of nitrogens with two attached hydrogens (primary N) is 1. The number of nitrogens with zero attached hydrogens (tertiary/aromatic N) is 2. The molecule has 1 amide bonds. The Morgan fingerprint density at radius 2 is 2.15 bits per heavy atom. The third-order valence-corrected chi connectivity index (χ3v) is 2.66. The minimum atomic E-state index is -0.365. The van der Waals surface area contributed by atoms with Crippen LogP contribution in [0.2, 0.25) is 0 Å². The molecule has 1 heterocycles. The first-order valence-corrected chi connectivity index (χ1v) is 4.77. The number of hydrogen-bond acceptors (Lipinski definition) is 3. The smallest absolute Gasteiger partial charge is 0.239 e. The Balaban J connectivity index is 2.50. The highest BCUT2D eigenvalue weighted by Crippen LogP contribution is 2.07.